The van der Waals surface area contributed by atoms with Gasteiger partial charge in [0, 0.05) is 19.1 Å². The summed E-state index contributed by atoms with van der Waals surface area (Å²) in [5.41, 5.74) is 1.40. The summed E-state index contributed by atoms with van der Waals surface area (Å²) < 4.78 is 5.72. The van der Waals surface area contributed by atoms with Gasteiger partial charge in [-0.2, -0.15) is 0 Å². The fourth-order valence-electron chi connectivity index (χ4n) is 4.03. The highest BCUT2D eigenvalue weighted by Crippen LogP contribution is 2.35. The Kier molecular flexibility index (Phi) is 4.51. The Morgan fingerprint density at radius 2 is 2.00 bits per heavy atom. The molecule has 3 heteroatoms. The molecule has 2 saturated heterocycles. The van der Waals surface area contributed by atoms with Gasteiger partial charge in [-0.25, -0.2) is 0 Å². The Morgan fingerprint density at radius 1 is 1.24 bits per heavy atom. The van der Waals surface area contributed by atoms with E-state index in [-0.39, 0.29) is 6.10 Å². The van der Waals surface area contributed by atoms with Crippen LogP contribution in [0.2, 0.25) is 0 Å². The van der Waals surface area contributed by atoms with E-state index in [4.69, 9.17) is 4.74 Å². The van der Waals surface area contributed by atoms with Crippen molar-refractivity contribution < 1.29 is 4.74 Å². The molecule has 2 aliphatic rings. The van der Waals surface area contributed by atoms with E-state index in [1.54, 1.807) is 0 Å². The highest BCUT2D eigenvalue weighted by molar-refractivity contribution is 5.27. The van der Waals surface area contributed by atoms with Gasteiger partial charge >= 0.3 is 0 Å². The molecule has 2 aliphatic heterocycles. The van der Waals surface area contributed by atoms with Crippen LogP contribution in [0.25, 0.3) is 0 Å². The zero-order valence-electron chi connectivity index (χ0n) is 13.5. The fraction of sp³-hybridized carbons (Fsp3) is 0.667. The highest BCUT2D eigenvalue weighted by Gasteiger charge is 2.42. The summed E-state index contributed by atoms with van der Waals surface area (Å²) in [7, 11) is 0. The second kappa shape index (κ2) is 6.37. The summed E-state index contributed by atoms with van der Waals surface area (Å²) >= 11 is 0. The van der Waals surface area contributed by atoms with Crippen molar-refractivity contribution in [3.63, 3.8) is 0 Å². The lowest BCUT2D eigenvalue weighted by Gasteiger charge is -2.26. The van der Waals surface area contributed by atoms with E-state index in [9.17, 15) is 0 Å². The Balaban J connectivity index is 1.63. The molecule has 21 heavy (non-hydrogen) atoms. The number of ether oxygens (including phenoxy) is 1. The Hall–Kier alpha value is -1.06. The van der Waals surface area contributed by atoms with E-state index in [1.165, 1.54) is 31.6 Å². The van der Waals surface area contributed by atoms with Crippen molar-refractivity contribution in [3.05, 3.63) is 29.8 Å². The molecule has 0 spiro atoms. The van der Waals surface area contributed by atoms with E-state index in [0.717, 1.165) is 30.2 Å². The average Bonchev–Trinajstić information content (AvgIpc) is 3.00. The first kappa shape index (κ1) is 14.9. The summed E-state index contributed by atoms with van der Waals surface area (Å²) in [6.07, 6.45) is 1.50. The van der Waals surface area contributed by atoms with E-state index in [1.807, 2.05) is 0 Å². The van der Waals surface area contributed by atoms with Crippen molar-refractivity contribution in [1.82, 2.24) is 10.2 Å². The van der Waals surface area contributed by atoms with Crippen LogP contribution in [0.1, 0.15) is 32.8 Å². The normalized spacial score (nSPS) is 29.0. The number of nitrogens with one attached hydrogen (secondary N) is 1. The lowest BCUT2D eigenvalue weighted by molar-refractivity contribution is 0.210. The summed E-state index contributed by atoms with van der Waals surface area (Å²) in [6, 6.07) is 9.40. The van der Waals surface area contributed by atoms with Crippen LogP contribution in [0.4, 0.5) is 0 Å². The molecule has 1 aromatic carbocycles. The van der Waals surface area contributed by atoms with Crippen LogP contribution in [-0.4, -0.2) is 36.7 Å². The second-order valence-corrected chi connectivity index (χ2v) is 6.80. The molecule has 0 radical (unpaired) electrons. The molecular formula is C18H28N2O. The smallest absolute Gasteiger partial charge is 0.119 e. The molecule has 3 unspecified atom stereocenters. The van der Waals surface area contributed by atoms with Crippen molar-refractivity contribution in [2.24, 2.45) is 11.8 Å². The molecule has 3 nitrogen and oxygen atoms in total. The molecule has 116 valence electrons. The molecule has 0 aliphatic carbocycles. The Bertz CT molecular complexity index is 457. The quantitative estimate of drug-likeness (QED) is 0.901. The van der Waals surface area contributed by atoms with Crippen LogP contribution in [0.15, 0.2) is 24.3 Å². The maximum absolute atomic E-state index is 5.72. The van der Waals surface area contributed by atoms with Gasteiger partial charge in [0.25, 0.3) is 0 Å². The number of rotatable bonds is 5. The minimum Gasteiger partial charge on any atom is -0.491 e. The fourth-order valence-corrected chi connectivity index (χ4v) is 4.03. The lowest BCUT2D eigenvalue weighted by atomic mass is 9.93. The van der Waals surface area contributed by atoms with Gasteiger partial charge in [0.1, 0.15) is 5.75 Å². The van der Waals surface area contributed by atoms with Crippen molar-refractivity contribution in [2.45, 2.75) is 45.9 Å². The molecular weight excluding hydrogens is 260 g/mol. The van der Waals surface area contributed by atoms with Crippen LogP contribution in [0.3, 0.4) is 0 Å². The van der Waals surface area contributed by atoms with E-state index >= 15 is 0 Å². The number of benzene rings is 1. The molecule has 3 rings (SSSR count). The molecule has 1 N–H and O–H groups in total. The number of hydrogen-bond donors (Lipinski definition) is 1. The topological polar surface area (TPSA) is 24.5 Å². The largest absolute Gasteiger partial charge is 0.491 e. The third-order valence-electron chi connectivity index (χ3n) is 4.92. The SMILES string of the molecule is CCC1C2CNCC2CN1Cc1ccc(OC(C)C)cc1. The molecule has 0 bridgehead atoms. The van der Waals surface area contributed by atoms with Gasteiger partial charge < -0.3 is 10.1 Å². The molecule has 2 fully saturated rings. The maximum atomic E-state index is 5.72. The number of likely N-dealkylation sites (tertiary alicyclic amines) is 1. The standard InChI is InChI=1S/C18H28N2O/c1-4-18-17-10-19-9-15(17)12-20(18)11-14-5-7-16(8-6-14)21-13(2)3/h5-8,13,15,17-19H,4,9-12H2,1-3H3. The van der Waals surface area contributed by atoms with Crippen molar-refractivity contribution >= 4 is 0 Å². The molecule has 3 atom stereocenters. The minimum absolute atomic E-state index is 0.241. The van der Waals surface area contributed by atoms with Gasteiger partial charge in [-0.1, -0.05) is 19.1 Å². The van der Waals surface area contributed by atoms with Crippen molar-refractivity contribution in [1.29, 1.82) is 0 Å². The van der Waals surface area contributed by atoms with E-state index in [0.29, 0.717) is 0 Å². The third kappa shape index (κ3) is 3.24. The van der Waals surface area contributed by atoms with Crippen molar-refractivity contribution in [2.75, 3.05) is 19.6 Å². The second-order valence-electron chi connectivity index (χ2n) is 6.80. The Morgan fingerprint density at radius 3 is 2.67 bits per heavy atom. The van der Waals surface area contributed by atoms with Crippen LogP contribution < -0.4 is 10.1 Å². The van der Waals surface area contributed by atoms with Crippen molar-refractivity contribution in [3.8, 4) is 5.75 Å². The number of nitrogens with zero attached hydrogens (tertiary/aromatic N) is 1. The van der Waals surface area contributed by atoms with E-state index < -0.39 is 0 Å². The van der Waals surface area contributed by atoms with E-state index in [2.05, 4.69) is 55.3 Å². The molecule has 1 aromatic rings. The monoisotopic (exact) mass is 288 g/mol. The van der Waals surface area contributed by atoms with Gasteiger partial charge in [0.05, 0.1) is 6.10 Å². The molecule has 0 aromatic heterocycles. The predicted octanol–water partition coefficient (Wildman–Crippen LogP) is 2.90. The molecule has 0 saturated carbocycles. The van der Waals surface area contributed by atoms with Crippen LogP contribution >= 0.6 is 0 Å². The summed E-state index contributed by atoms with van der Waals surface area (Å²) in [5.74, 6) is 2.69. The number of fused-ring (bicyclic) bond motifs is 1. The van der Waals surface area contributed by atoms with Gasteiger partial charge in [0.15, 0.2) is 0 Å². The zero-order chi connectivity index (χ0) is 14.8. The highest BCUT2D eigenvalue weighted by atomic mass is 16.5. The van der Waals surface area contributed by atoms with Crippen LogP contribution in [-0.2, 0) is 6.54 Å². The van der Waals surface area contributed by atoms with Gasteiger partial charge in [-0.15, -0.1) is 0 Å². The van der Waals surface area contributed by atoms with Crippen LogP contribution in [0, 0.1) is 11.8 Å². The number of hydrogen-bond acceptors (Lipinski definition) is 3. The van der Waals surface area contributed by atoms with Gasteiger partial charge in [-0.05, 0) is 62.9 Å². The lowest BCUT2D eigenvalue weighted by Crippen LogP contribution is -2.34. The predicted molar refractivity (Wildman–Crippen MR) is 86.5 cm³/mol. The Labute approximate surface area is 128 Å². The zero-order valence-corrected chi connectivity index (χ0v) is 13.5. The first-order valence-corrected chi connectivity index (χ1v) is 8.37. The molecule has 2 heterocycles. The minimum atomic E-state index is 0.241. The summed E-state index contributed by atoms with van der Waals surface area (Å²) in [4.78, 5) is 2.69. The molecule has 0 amide bonds. The first-order chi connectivity index (χ1) is 10.2. The summed E-state index contributed by atoms with van der Waals surface area (Å²) in [6.45, 7) is 11.2. The van der Waals surface area contributed by atoms with Gasteiger partial charge in [0.2, 0.25) is 0 Å². The summed E-state index contributed by atoms with van der Waals surface area (Å²) in [5, 5.41) is 3.56. The average molecular weight is 288 g/mol. The van der Waals surface area contributed by atoms with Gasteiger partial charge in [-0.3, -0.25) is 4.90 Å². The maximum Gasteiger partial charge on any atom is 0.119 e. The first-order valence-electron chi connectivity index (χ1n) is 8.37. The van der Waals surface area contributed by atoms with Crippen LogP contribution in [0.5, 0.6) is 5.75 Å². The third-order valence-corrected chi connectivity index (χ3v) is 4.92.